The molecule has 0 bridgehead atoms. The molecule has 0 aromatic heterocycles. The summed E-state index contributed by atoms with van der Waals surface area (Å²) in [6, 6.07) is 31.2. The van der Waals surface area contributed by atoms with E-state index in [1.54, 1.807) is 13.8 Å². The van der Waals surface area contributed by atoms with Crippen LogP contribution in [0.1, 0.15) is 63.1 Å². The third kappa shape index (κ3) is 8.50. The van der Waals surface area contributed by atoms with Gasteiger partial charge < -0.3 is 14.2 Å². The van der Waals surface area contributed by atoms with Crippen LogP contribution in [0.15, 0.2) is 91.0 Å². The molecule has 3 aromatic rings. The zero-order valence-electron chi connectivity index (χ0n) is 25.5. The van der Waals surface area contributed by atoms with E-state index in [2.05, 4.69) is 84.6 Å². The molecule has 42 heavy (non-hydrogen) atoms. The molecule has 1 heterocycles. The second-order valence-electron chi connectivity index (χ2n) is 12.8. The molecular weight excluding hydrogens is 525 g/mol. The number of rotatable bonds is 12. The van der Waals surface area contributed by atoms with Crippen molar-refractivity contribution in [2.75, 3.05) is 13.1 Å². The molecule has 0 radical (unpaired) electrons. The largest absolute Gasteiger partial charge is 0.369 e. The molecule has 3 aromatic carbocycles. The first-order chi connectivity index (χ1) is 20.4. The molecule has 4 nitrogen and oxygen atoms in total. The maximum atomic E-state index is 14.7. The zero-order valence-corrected chi connectivity index (χ0v) is 25.5. The van der Waals surface area contributed by atoms with Crippen LogP contribution in [0.2, 0.25) is 0 Å². The summed E-state index contributed by atoms with van der Waals surface area (Å²) in [4.78, 5) is 2.55. The van der Waals surface area contributed by atoms with Crippen LogP contribution in [0.3, 0.4) is 0 Å². The van der Waals surface area contributed by atoms with Crippen LogP contribution in [0.25, 0.3) is 0 Å². The van der Waals surface area contributed by atoms with E-state index in [1.807, 2.05) is 18.2 Å². The molecule has 1 saturated heterocycles. The van der Waals surface area contributed by atoms with Crippen molar-refractivity contribution in [2.24, 2.45) is 11.8 Å². The minimum absolute atomic E-state index is 0.146. The maximum absolute atomic E-state index is 14.7. The van der Waals surface area contributed by atoms with Crippen molar-refractivity contribution < 1.29 is 18.6 Å². The molecule has 5 rings (SSSR count). The van der Waals surface area contributed by atoms with Gasteiger partial charge in [-0.2, -0.15) is 0 Å². The van der Waals surface area contributed by atoms with Crippen molar-refractivity contribution >= 4 is 0 Å². The average molecular weight is 574 g/mol. The van der Waals surface area contributed by atoms with Gasteiger partial charge in [0.15, 0.2) is 0 Å². The summed E-state index contributed by atoms with van der Waals surface area (Å²) in [6.45, 7) is 9.08. The van der Waals surface area contributed by atoms with Gasteiger partial charge in [0.1, 0.15) is 17.9 Å². The molecule has 5 heteroatoms. The van der Waals surface area contributed by atoms with Gasteiger partial charge in [-0.1, -0.05) is 91.0 Å². The normalized spacial score (nSPS) is 27.1. The van der Waals surface area contributed by atoms with Crippen molar-refractivity contribution in [3.63, 3.8) is 0 Å². The fraction of sp³-hybridized carbons (Fsp3) is 0.514. The highest BCUT2D eigenvalue weighted by molar-refractivity contribution is 5.16. The van der Waals surface area contributed by atoms with E-state index < -0.39 is 5.67 Å². The fourth-order valence-corrected chi connectivity index (χ4v) is 6.69. The maximum Gasteiger partial charge on any atom is 0.113 e. The number of halogens is 1. The van der Waals surface area contributed by atoms with Crippen LogP contribution in [0.5, 0.6) is 0 Å². The third-order valence-corrected chi connectivity index (χ3v) is 9.34. The molecule has 1 aliphatic carbocycles. The van der Waals surface area contributed by atoms with E-state index in [0.29, 0.717) is 25.7 Å². The number of hydrogen-bond donors (Lipinski definition) is 0. The highest BCUT2D eigenvalue weighted by Crippen LogP contribution is 2.38. The molecule has 1 aliphatic heterocycles. The molecule has 2 fully saturated rings. The lowest BCUT2D eigenvalue weighted by molar-refractivity contribution is -0.202. The Morgan fingerprint density at radius 2 is 1.12 bits per heavy atom. The van der Waals surface area contributed by atoms with E-state index in [1.165, 1.54) is 0 Å². The average Bonchev–Trinajstić information content (AvgIpc) is 3.01. The van der Waals surface area contributed by atoms with Crippen molar-refractivity contribution in [3.05, 3.63) is 108 Å². The Hall–Kier alpha value is -2.57. The Bertz CT molecular complexity index is 1180. The predicted octanol–water partition coefficient (Wildman–Crippen LogP) is 8.00. The van der Waals surface area contributed by atoms with Crippen molar-refractivity contribution in [1.82, 2.24) is 4.90 Å². The monoisotopic (exact) mass is 573 g/mol. The minimum atomic E-state index is -1.10. The highest BCUT2D eigenvalue weighted by Gasteiger charge is 2.45. The van der Waals surface area contributed by atoms with Gasteiger partial charge in [-0.15, -0.1) is 0 Å². The number of likely N-dealkylation sites (tertiary alicyclic amines) is 1. The molecular formula is C37H48FNO3. The summed E-state index contributed by atoms with van der Waals surface area (Å²) in [6.07, 6.45) is 3.53. The molecule has 2 aliphatic rings. The lowest BCUT2D eigenvalue weighted by atomic mass is 9.75. The van der Waals surface area contributed by atoms with Gasteiger partial charge in [-0.3, -0.25) is 4.90 Å². The lowest BCUT2D eigenvalue weighted by Crippen LogP contribution is -2.63. The molecule has 226 valence electrons. The molecule has 4 unspecified atom stereocenters. The molecule has 1 saturated carbocycles. The van der Waals surface area contributed by atoms with Gasteiger partial charge in [-0.25, -0.2) is 4.39 Å². The summed E-state index contributed by atoms with van der Waals surface area (Å²) in [7, 11) is 0. The Kier molecular flexibility index (Phi) is 10.8. The highest BCUT2D eigenvalue weighted by atomic mass is 19.1. The van der Waals surface area contributed by atoms with Crippen LogP contribution in [-0.2, 0) is 34.0 Å². The molecule has 4 atom stereocenters. The molecule has 0 amide bonds. The second kappa shape index (κ2) is 14.7. The SMILES string of the molecule is CC1C(OCc2ccccc2)C(OCc2ccccc2)C(OCc2ccccc2)CN1CC1CCC(C(C)(C)F)CC1. The Balaban J connectivity index is 1.34. The van der Waals surface area contributed by atoms with Crippen molar-refractivity contribution in [2.45, 2.75) is 96.3 Å². The Morgan fingerprint density at radius 3 is 1.60 bits per heavy atom. The van der Waals surface area contributed by atoms with Crippen molar-refractivity contribution in [1.29, 1.82) is 0 Å². The number of ether oxygens (including phenoxy) is 3. The lowest BCUT2D eigenvalue weighted by Gasteiger charge is -2.49. The van der Waals surface area contributed by atoms with Crippen LogP contribution in [-0.4, -0.2) is 48.0 Å². The zero-order chi connectivity index (χ0) is 29.4. The number of hydrogen-bond acceptors (Lipinski definition) is 4. The first-order valence-electron chi connectivity index (χ1n) is 15.8. The summed E-state index contributed by atoms with van der Waals surface area (Å²) in [5, 5.41) is 0. The van der Waals surface area contributed by atoms with Gasteiger partial charge in [0, 0.05) is 19.1 Å². The van der Waals surface area contributed by atoms with Gasteiger partial charge in [0.2, 0.25) is 0 Å². The van der Waals surface area contributed by atoms with Gasteiger partial charge in [-0.05, 0) is 75.0 Å². The minimum Gasteiger partial charge on any atom is -0.369 e. The van der Waals surface area contributed by atoms with E-state index in [4.69, 9.17) is 14.2 Å². The van der Waals surface area contributed by atoms with Crippen LogP contribution >= 0.6 is 0 Å². The summed E-state index contributed by atoms with van der Waals surface area (Å²) in [5.74, 6) is 0.713. The van der Waals surface area contributed by atoms with Gasteiger partial charge in [0.25, 0.3) is 0 Å². The van der Waals surface area contributed by atoms with Gasteiger partial charge in [0.05, 0.1) is 25.9 Å². The van der Waals surface area contributed by atoms with Crippen LogP contribution < -0.4 is 0 Å². The second-order valence-corrected chi connectivity index (χ2v) is 12.8. The van der Waals surface area contributed by atoms with Crippen molar-refractivity contribution in [3.8, 4) is 0 Å². The number of piperidine rings is 1. The summed E-state index contributed by atoms with van der Waals surface area (Å²) < 4.78 is 34.8. The van der Waals surface area contributed by atoms with E-state index in [0.717, 1.165) is 55.5 Å². The quantitative estimate of drug-likeness (QED) is 0.220. The molecule has 0 N–H and O–H groups in total. The van der Waals surface area contributed by atoms with Gasteiger partial charge >= 0.3 is 0 Å². The van der Waals surface area contributed by atoms with E-state index in [-0.39, 0.29) is 30.3 Å². The first kappa shape index (κ1) is 30.9. The number of benzene rings is 3. The molecule has 0 spiro atoms. The standard InChI is InChI=1S/C37H48FNO3/c1-28-35(41-26-31-15-9-5-10-16-31)36(42-27-32-17-11-6-12-18-32)34(40-25-30-13-7-4-8-14-30)24-39(28)23-29-19-21-33(22-20-29)37(2,3)38/h4-18,28-29,33-36H,19-27H2,1-3H3. The Labute approximate surface area is 252 Å². The first-order valence-corrected chi connectivity index (χ1v) is 15.8. The van der Waals surface area contributed by atoms with Crippen LogP contribution in [0, 0.1) is 11.8 Å². The summed E-state index contributed by atoms with van der Waals surface area (Å²) in [5.41, 5.74) is 2.35. The number of alkyl halides is 1. The third-order valence-electron chi connectivity index (χ3n) is 9.34. The topological polar surface area (TPSA) is 30.9 Å². The van der Waals surface area contributed by atoms with E-state index in [9.17, 15) is 4.39 Å². The fourth-order valence-electron chi connectivity index (χ4n) is 6.69. The summed E-state index contributed by atoms with van der Waals surface area (Å²) >= 11 is 0. The Morgan fingerprint density at radius 1 is 0.667 bits per heavy atom. The van der Waals surface area contributed by atoms with E-state index >= 15 is 0 Å². The van der Waals surface area contributed by atoms with Crippen LogP contribution in [0.4, 0.5) is 4.39 Å². The number of nitrogens with zero attached hydrogens (tertiary/aromatic N) is 1. The predicted molar refractivity (Wildman–Crippen MR) is 167 cm³/mol. The smallest absolute Gasteiger partial charge is 0.113 e.